The van der Waals surface area contributed by atoms with Crippen molar-refractivity contribution >= 4 is 30.7 Å². The van der Waals surface area contributed by atoms with Crippen molar-refractivity contribution in [3.63, 3.8) is 0 Å². The van der Waals surface area contributed by atoms with E-state index in [4.69, 9.17) is 5.73 Å². The number of piperidine rings is 1. The molecule has 0 atom stereocenters. The van der Waals surface area contributed by atoms with Crippen molar-refractivity contribution in [1.29, 1.82) is 0 Å². The van der Waals surface area contributed by atoms with Crippen LogP contribution in [0.4, 0.5) is 0 Å². The number of hydrogen-bond acceptors (Lipinski definition) is 3. The number of unbranched alkanes of at least 4 members (excludes halogenated alkanes) is 1. The molecule has 4 nitrogen and oxygen atoms in total. The maximum atomic E-state index is 12.2. The predicted molar refractivity (Wildman–Crippen MR) is 102 cm³/mol. The number of nitrogens with zero attached hydrogens (tertiary/aromatic N) is 1. The van der Waals surface area contributed by atoms with Crippen LogP contribution in [0.1, 0.15) is 64.7 Å². The molecular weight excluding hydrogens is 333 g/mol. The molecule has 0 spiro atoms. The van der Waals surface area contributed by atoms with Crippen LogP contribution >= 0.6 is 24.8 Å². The molecule has 0 radical (unpaired) electrons. The van der Waals surface area contributed by atoms with Crippen molar-refractivity contribution in [2.75, 3.05) is 26.2 Å². The Bertz CT molecular complexity index is 328. The van der Waals surface area contributed by atoms with E-state index in [1.54, 1.807) is 0 Å². The normalized spacial score (nSPS) is 21.8. The summed E-state index contributed by atoms with van der Waals surface area (Å²) in [6, 6.07) is 0. The molecule has 1 heterocycles. The first-order valence-corrected chi connectivity index (χ1v) is 8.90. The van der Waals surface area contributed by atoms with Gasteiger partial charge in [0.25, 0.3) is 0 Å². The second kappa shape index (κ2) is 11.5. The lowest BCUT2D eigenvalue weighted by atomic mass is 9.82. The zero-order valence-electron chi connectivity index (χ0n) is 14.5. The standard InChI is InChI=1S/C17H33N3O.2ClH/c1-15-7-13-20(14-8-15)12-6-5-11-19-16(21)17(18)9-3-2-4-10-17;;/h15H,2-14,18H2,1H3,(H,19,21);2*1H. The number of hydrogen-bond donors (Lipinski definition) is 2. The number of amides is 1. The molecule has 0 unspecified atom stereocenters. The third-order valence-electron chi connectivity index (χ3n) is 5.26. The fourth-order valence-corrected chi connectivity index (χ4v) is 3.53. The second-order valence-corrected chi connectivity index (χ2v) is 7.20. The van der Waals surface area contributed by atoms with Gasteiger partial charge in [0.15, 0.2) is 0 Å². The summed E-state index contributed by atoms with van der Waals surface area (Å²) in [4.78, 5) is 14.7. The van der Waals surface area contributed by atoms with Crippen molar-refractivity contribution in [2.45, 2.75) is 70.3 Å². The number of carbonyl (C=O) groups is 1. The van der Waals surface area contributed by atoms with Gasteiger partial charge in [-0.25, -0.2) is 0 Å². The van der Waals surface area contributed by atoms with Crippen molar-refractivity contribution in [2.24, 2.45) is 11.7 Å². The Morgan fingerprint density at radius 3 is 2.35 bits per heavy atom. The van der Waals surface area contributed by atoms with E-state index in [0.29, 0.717) is 0 Å². The van der Waals surface area contributed by atoms with Crippen LogP contribution in [0.3, 0.4) is 0 Å². The third kappa shape index (κ3) is 7.59. The van der Waals surface area contributed by atoms with Crippen molar-refractivity contribution < 1.29 is 4.79 Å². The SMILES string of the molecule is CC1CCN(CCCCNC(=O)C2(N)CCCCC2)CC1.Cl.Cl. The van der Waals surface area contributed by atoms with E-state index in [2.05, 4.69) is 17.1 Å². The van der Waals surface area contributed by atoms with Crippen molar-refractivity contribution in [1.82, 2.24) is 10.2 Å². The number of rotatable bonds is 6. The molecule has 138 valence electrons. The fourth-order valence-electron chi connectivity index (χ4n) is 3.53. The molecular formula is C17H35Cl2N3O. The van der Waals surface area contributed by atoms with Gasteiger partial charge in [-0.05, 0) is 64.1 Å². The Labute approximate surface area is 154 Å². The minimum absolute atomic E-state index is 0. The van der Waals surface area contributed by atoms with Crippen LogP contribution in [0, 0.1) is 5.92 Å². The van der Waals surface area contributed by atoms with E-state index in [1.165, 1.54) is 45.3 Å². The molecule has 0 aromatic heterocycles. The smallest absolute Gasteiger partial charge is 0.240 e. The number of nitrogens with two attached hydrogens (primary N) is 1. The summed E-state index contributed by atoms with van der Waals surface area (Å²) in [6.45, 7) is 6.80. The summed E-state index contributed by atoms with van der Waals surface area (Å²) < 4.78 is 0. The van der Waals surface area contributed by atoms with Gasteiger partial charge in [-0.1, -0.05) is 26.2 Å². The summed E-state index contributed by atoms with van der Waals surface area (Å²) in [5.74, 6) is 0.978. The lowest BCUT2D eigenvalue weighted by Gasteiger charge is -2.32. The average molecular weight is 368 g/mol. The molecule has 1 saturated heterocycles. The van der Waals surface area contributed by atoms with Gasteiger partial charge in [0.05, 0.1) is 5.54 Å². The van der Waals surface area contributed by atoms with Crippen LogP contribution in [0.15, 0.2) is 0 Å². The first-order chi connectivity index (χ1) is 10.1. The zero-order chi connectivity index (χ0) is 15.1. The van der Waals surface area contributed by atoms with Gasteiger partial charge >= 0.3 is 0 Å². The van der Waals surface area contributed by atoms with E-state index in [-0.39, 0.29) is 30.7 Å². The summed E-state index contributed by atoms with van der Waals surface area (Å²) in [5.41, 5.74) is 5.64. The lowest BCUT2D eigenvalue weighted by Crippen LogP contribution is -2.55. The predicted octanol–water partition coefficient (Wildman–Crippen LogP) is 3.12. The van der Waals surface area contributed by atoms with E-state index < -0.39 is 5.54 Å². The molecule has 0 aromatic rings. The molecule has 0 aromatic carbocycles. The number of nitrogens with one attached hydrogen (secondary N) is 1. The summed E-state index contributed by atoms with van der Waals surface area (Å²) >= 11 is 0. The maximum Gasteiger partial charge on any atom is 0.240 e. The highest BCUT2D eigenvalue weighted by Gasteiger charge is 2.34. The van der Waals surface area contributed by atoms with Crippen LogP contribution in [-0.2, 0) is 4.79 Å². The molecule has 2 aliphatic rings. The van der Waals surface area contributed by atoms with Gasteiger partial charge < -0.3 is 16.0 Å². The van der Waals surface area contributed by atoms with Gasteiger partial charge in [0.2, 0.25) is 5.91 Å². The Balaban J connectivity index is 0.00000242. The van der Waals surface area contributed by atoms with Crippen LogP contribution in [0.5, 0.6) is 0 Å². The maximum absolute atomic E-state index is 12.2. The van der Waals surface area contributed by atoms with Crippen molar-refractivity contribution in [3.05, 3.63) is 0 Å². The molecule has 3 N–H and O–H groups in total. The molecule has 1 amide bonds. The van der Waals surface area contributed by atoms with Gasteiger partial charge in [0.1, 0.15) is 0 Å². The molecule has 1 saturated carbocycles. The molecule has 6 heteroatoms. The van der Waals surface area contributed by atoms with Gasteiger partial charge in [-0.2, -0.15) is 0 Å². The molecule has 1 aliphatic heterocycles. The Morgan fingerprint density at radius 1 is 1.13 bits per heavy atom. The minimum Gasteiger partial charge on any atom is -0.355 e. The molecule has 1 aliphatic carbocycles. The summed E-state index contributed by atoms with van der Waals surface area (Å²) in [6.07, 6.45) is 10.0. The second-order valence-electron chi connectivity index (χ2n) is 7.20. The lowest BCUT2D eigenvalue weighted by molar-refractivity contribution is -0.127. The first kappa shape index (κ1) is 23.0. The molecule has 23 heavy (non-hydrogen) atoms. The van der Waals surface area contributed by atoms with Gasteiger partial charge in [-0.3, -0.25) is 4.79 Å². The largest absolute Gasteiger partial charge is 0.355 e. The highest BCUT2D eigenvalue weighted by atomic mass is 35.5. The molecule has 2 fully saturated rings. The monoisotopic (exact) mass is 367 g/mol. The Morgan fingerprint density at radius 2 is 1.74 bits per heavy atom. The summed E-state index contributed by atoms with van der Waals surface area (Å²) in [7, 11) is 0. The van der Waals surface area contributed by atoms with Gasteiger partial charge in [0, 0.05) is 6.54 Å². The molecule has 2 rings (SSSR count). The summed E-state index contributed by atoms with van der Waals surface area (Å²) in [5, 5.41) is 3.06. The quantitative estimate of drug-likeness (QED) is 0.709. The van der Waals surface area contributed by atoms with Crippen LogP contribution in [-0.4, -0.2) is 42.5 Å². The van der Waals surface area contributed by atoms with E-state index in [1.807, 2.05) is 0 Å². The minimum atomic E-state index is -0.582. The number of carbonyl (C=O) groups excluding carboxylic acids is 1. The topological polar surface area (TPSA) is 58.4 Å². The zero-order valence-corrected chi connectivity index (χ0v) is 16.2. The first-order valence-electron chi connectivity index (χ1n) is 8.90. The van der Waals surface area contributed by atoms with E-state index in [9.17, 15) is 4.79 Å². The number of likely N-dealkylation sites (tertiary alicyclic amines) is 1. The Kier molecular flexibility index (Phi) is 11.5. The highest BCUT2D eigenvalue weighted by molar-refractivity contribution is 5.86. The average Bonchev–Trinajstić information content (AvgIpc) is 2.49. The molecule has 0 bridgehead atoms. The van der Waals surface area contributed by atoms with Crippen molar-refractivity contribution in [3.8, 4) is 0 Å². The van der Waals surface area contributed by atoms with Crippen LogP contribution in [0.2, 0.25) is 0 Å². The number of halogens is 2. The van der Waals surface area contributed by atoms with E-state index in [0.717, 1.165) is 44.6 Å². The van der Waals surface area contributed by atoms with Gasteiger partial charge in [-0.15, -0.1) is 24.8 Å². The van der Waals surface area contributed by atoms with Crippen LogP contribution in [0.25, 0.3) is 0 Å². The Hall–Kier alpha value is -0.0300. The van der Waals surface area contributed by atoms with E-state index >= 15 is 0 Å². The van der Waals surface area contributed by atoms with Crippen LogP contribution < -0.4 is 11.1 Å². The third-order valence-corrected chi connectivity index (χ3v) is 5.26. The highest BCUT2D eigenvalue weighted by Crippen LogP contribution is 2.25. The fraction of sp³-hybridized carbons (Fsp3) is 0.941.